The van der Waals surface area contributed by atoms with E-state index >= 15 is 0 Å². The van der Waals surface area contributed by atoms with Crippen molar-refractivity contribution < 1.29 is 22.4 Å². The zero-order chi connectivity index (χ0) is 18.2. The maximum Gasteiger partial charge on any atom is 0.406 e. The predicted molar refractivity (Wildman–Crippen MR) is 83.2 cm³/mol. The fourth-order valence-corrected chi connectivity index (χ4v) is 1.85. The zero-order valence-corrected chi connectivity index (χ0v) is 13.5. The smallest absolute Gasteiger partial charge is 0.356 e. The number of nitrogens with zero attached hydrogens (tertiary/aromatic N) is 2. The fraction of sp³-hybridized carbons (Fsp3) is 0.467. The number of alkyl halides is 3. The lowest BCUT2D eigenvalue weighted by molar-refractivity contribution is -0.157. The van der Waals surface area contributed by atoms with Crippen LogP contribution in [0.1, 0.15) is 5.56 Å². The molecule has 0 unspecified atom stereocenters. The van der Waals surface area contributed by atoms with Crippen LogP contribution in [0.2, 0.25) is 0 Å². The van der Waals surface area contributed by atoms with Crippen molar-refractivity contribution >= 4 is 11.9 Å². The molecule has 1 rings (SSSR count). The van der Waals surface area contributed by atoms with E-state index in [1.54, 1.807) is 12.1 Å². The first-order chi connectivity index (χ1) is 11.2. The molecule has 0 saturated heterocycles. The Morgan fingerprint density at radius 3 is 2.38 bits per heavy atom. The molecule has 0 radical (unpaired) electrons. The summed E-state index contributed by atoms with van der Waals surface area (Å²) >= 11 is 0. The molecular formula is C15H20F4N4O. The third-order valence-corrected chi connectivity index (χ3v) is 3.09. The Hall–Kier alpha value is -2.32. The van der Waals surface area contributed by atoms with Crippen LogP contribution in [0.5, 0.6) is 0 Å². The minimum Gasteiger partial charge on any atom is -0.356 e. The number of halogens is 4. The van der Waals surface area contributed by atoms with Crippen LogP contribution in [0.3, 0.4) is 0 Å². The molecule has 0 aromatic heterocycles. The van der Waals surface area contributed by atoms with E-state index in [0.29, 0.717) is 23.8 Å². The number of carbonyl (C=O) groups excluding carboxylic acids is 1. The van der Waals surface area contributed by atoms with Crippen LogP contribution in [0.25, 0.3) is 0 Å². The van der Waals surface area contributed by atoms with Crippen molar-refractivity contribution in [3.63, 3.8) is 0 Å². The van der Waals surface area contributed by atoms with Gasteiger partial charge in [0.05, 0.1) is 6.54 Å². The number of nitrogens with one attached hydrogen (secondary N) is 2. The lowest BCUT2D eigenvalue weighted by Gasteiger charge is -2.20. The Bertz CT molecular complexity index is 558. The number of hydrogen-bond acceptors (Lipinski definition) is 2. The summed E-state index contributed by atoms with van der Waals surface area (Å²) in [5.41, 5.74) is 0.917. The summed E-state index contributed by atoms with van der Waals surface area (Å²) in [5.74, 6) is -0.717. The molecule has 5 nitrogen and oxygen atoms in total. The van der Waals surface area contributed by atoms with E-state index in [4.69, 9.17) is 0 Å². The molecule has 0 aliphatic carbocycles. The van der Waals surface area contributed by atoms with Gasteiger partial charge in [0, 0.05) is 20.6 Å². The van der Waals surface area contributed by atoms with E-state index in [0.717, 1.165) is 12.6 Å². The third kappa shape index (κ3) is 7.80. The third-order valence-electron chi connectivity index (χ3n) is 3.09. The molecule has 0 aliphatic rings. The maximum atomic E-state index is 12.8. The summed E-state index contributed by atoms with van der Waals surface area (Å²) in [6, 6.07) is 6.03. The largest absolute Gasteiger partial charge is 0.406 e. The van der Waals surface area contributed by atoms with E-state index in [2.05, 4.69) is 15.6 Å². The van der Waals surface area contributed by atoms with Crippen molar-refractivity contribution in [3.8, 4) is 0 Å². The normalized spacial score (nSPS) is 12.0. The van der Waals surface area contributed by atoms with Gasteiger partial charge in [0.15, 0.2) is 5.96 Å². The number of carbonyl (C=O) groups is 1. The van der Waals surface area contributed by atoms with Crippen LogP contribution >= 0.6 is 0 Å². The molecular weight excluding hydrogens is 328 g/mol. The van der Waals surface area contributed by atoms with Gasteiger partial charge in [-0.1, -0.05) is 12.1 Å². The fourth-order valence-electron chi connectivity index (χ4n) is 1.85. The van der Waals surface area contributed by atoms with Crippen molar-refractivity contribution in [1.29, 1.82) is 0 Å². The molecule has 0 saturated carbocycles. The Kier molecular flexibility index (Phi) is 7.47. The Balaban J connectivity index is 2.34. The number of aliphatic imine (C=N–C) groups is 1. The SMILES string of the molecule is CN=C(NCCc1ccc(F)cc1)NCC(=O)N(C)CC(F)(F)F. The molecule has 24 heavy (non-hydrogen) atoms. The van der Waals surface area contributed by atoms with Crippen LogP contribution in [-0.2, 0) is 11.2 Å². The second-order valence-corrected chi connectivity index (χ2v) is 5.09. The van der Waals surface area contributed by atoms with Gasteiger partial charge < -0.3 is 15.5 Å². The number of benzene rings is 1. The van der Waals surface area contributed by atoms with Gasteiger partial charge in [-0.15, -0.1) is 0 Å². The van der Waals surface area contributed by atoms with Crippen LogP contribution < -0.4 is 10.6 Å². The van der Waals surface area contributed by atoms with E-state index in [1.807, 2.05) is 0 Å². The lowest BCUT2D eigenvalue weighted by atomic mass is 10.1. The highest BCUT2D eigenvalue weighted by Crippen LogP contribution is 2.15. The lowest BCUT2D eigenvalue weighted by Crippen LogP contribution is -2.45. The monoisotopic (exact) mass is 348 g/mol. The molecule has 1 amide bonds. The van der Waals surface area contributed by atoms with Gasteiger partial charge in [0.2, 0.25) is 5.91 Å². The molecule has 2 N–H and O–H groups in total. The van der Waals surface area contributed by atoms with Gasteiger partial charge in [0.25, 0.3) is 0 Å². The highest BCUT2D eigenvalue weighted by atomic mass is 19.4. The summed E-state index contributed by atoms with van der Waals surface area (Å²) in [5, 5.41) is 5.58. The van der Waals surface area contributed by atoms with Crippen molar-refractivity contribution in [2.45, 2.75) is 12.6 Å². The molecule has 0 heterocycles. The van der Waals surface area contributed by atoms with E-state index in [9.17, 15) is 22.4 Å². The first-order valence-electron chi connectivity index (χ1n) is 7.21. The van der Waals surface area contributed by atoms with E-state index < -0.39 is 18.6 Å². The van der Waals surface area contributed by atoms with Crippen molar-refractivity contribution in [3.05, 3.63) is 35.6 Å². The van der Waals surface area contributed by atoms with Gasteiger partial charge >= 0.3 is 6.18 Å². The summed E-state index contributed by atoms with van der Waals surface area (Å²) in [7, 11) is 2.57. The standard InChI is InChI=1S/C15H20F4N4O/c1-20-14(21-8-7-11-3-5-12(16)6-4-11)22-9-13(24)23(2)10-15(17,18)19/h3-6H,7-10H2,1-2H3,(H2,20,21,22). The van der Waals surface area contributed by atoms with Crippen molar-refractivity contribution in [2.24, 2.45) is 4.99 Å². The summed E-state index contributed by atoms with van der Waals surface area (Å²) in [4.78, 5) is 16.1. The molecule has 0 bridgehead atoms. The number of hydrogen-bond donors (Lipinski definition) is 2. The second-order valence-electron chi connectivity index (χ2n) is 5.09. The quantitative estimate of drug-likeness (QED) is 0.466. The minimum atomic E-state index is -4.43. The van der Waals surface area contributed by atoms with Gasteiger partial charge in [-0.05, 0) is 24.1 Å². The Morgan fingerprint density at radius 1 is 1.21 bits per heavy atom. The highest BCUT2D eigenvalue weighted by Gasteiger charge is 2.31. The highest BCUT2D eigenvalue weighted by molar-refractivity contribution is 5.86. The van der Waals surface area contributed by atoms with Crippen LogP contribution in [-0.4, -0.2) is 56.7 Å². The molecule has 134 valence electrons. The zero-order valence-electron chi connectivity index (χ0n) is 13.5. The van der Waals surface area contributed by atoms with Crippen LogP contribution in [0.15, 0.2) is 29.3 Å². The maximum absolute atomic E-state index is 12.8. The number of rotatable bonds is 6. The molecule has 9 heteroatoms. The van der Waals surface area contributed by atoms with Crippen molar-refractivity contribution in [1.82, 2.24) is 15.5 Å². The molecule has 0 atom stereocenters. The Labute approximate surface area is 137 Å². The van der Waals surface area contributed by atoms with Crippen LogP contribution in [0, 0.1) is 5.82 Å². The summed E-state index contributed by atoms with van der Waals surface area (Å²) in [6.45, 7) is -1.13. The van der Waals surface area contributed by atoms with Gasteiger partial charge in [0.1, 0.15) is 12.4 Å². The first kappa shape index (κ1) is 19.7. The van der Waals surface area contributed by atoms with E-state index in [1.165, 1.54) is 19.2 Å². The average molecular weight is 348 g/mol. The van der Waals surface area contributed by atoms with Gasteiger partial charge in [-0.25, -0.2) is 4.39 Å². The first-order valence-corrected chi connectivity index (χ1v) is 7.21. The average Bonchev–Trinajstić information content (AvgIpc) is 2.50. The predicted octanol–water partition coefficient (Wildman–Crippen LogP) is 1.55. The topological polar surface area (TPSA) is 56.7 Å². The molecule has 0 fully saturated rings. The number of likely N-dealkylation sites (N-methyl/N-ethyl adjacent to an activating group) is 1. The van der Waals surface area contributed by atoms with Gasteiger partial charge in [-0.3, -0.25) is 9.79 Å². The number of guanidine groups is 1. The van der Waals surface area contributed by atoms with Crippen LogP contribution in [0.4, 0.5) is 17.6 Å². The molecule has 0 aliphatic heterocycles. The second kappa shape index (κ2) is 9.09. The Morgan fingerprint density at radius 2 is 1.83 bits per heavy atom. The number of amides is 1. The van der Waals surface area contributed by atoms with E-state index in [-0.39, 0.29) is 12.4 Å². The van der Waals surface area contributed by atoms with Gasteiger partial charge in [-0.2, -0.15) is 13.2 Å². The molecule has 1 aromatic carbocycles. The summed E-state index contributed by atoms with van der Waals surface area (Å²) in [6.07, 6.45) is -3.83. The summed E-state index contributed by atoms with van der Waals surface area (Å²) < 4.78 is 49.4. The molecule has 1 aromatic rings. The minimum absolute atomic E-state index is 0.297. The molecule has 0 spiro atoms. The van der Waals surface area contributed by atoms with Crippen molar-refractivity contribution in [2.75, 3.05) is 33.7 Å².